The Kier molecular flexibility index (Phi) is 3.31. The topological polar surface area (TPSA) is 51.1 Å². The van der Waals surface area contributed by atoms with E-state index >= 15 is 0 Å². The Hall–Kier alpha value is -1.58. The van der Waals surface area contributed by atoms with Gasteiger partial charge in [0.1, 0.15) is 6.54 Å². The van der Waals surface area contributed by atoms with Crippen molar-refractivity contribution in [1.82, 2.24) is 9.88 Å². The van der Waals surface area contributed by atoms with Crippen LogP contribution in [-0.4, -0.2) is 22.3 Å². The summed E-state index contributed by atoms with van der Waals surface area (Å²) in [7, 11) is 0. The number of nitrogens with zero attached hydrogens (tertiary/aromatic N) is 1. The average Bonchev–Trinajstić information content (AvgIpc) is 2.94. The van der Waals surface area contributed by atoms with Crippen LogP contribution >= 0.6 is 0 Å². The predicted octanol–water partition coefficient (Wildman–Crippen LogP) is 1.61. The molecule has 4 heteroatoms. The van der Waals surface area contributed by atoms with E-state index in [9.17, 15) is 9.59 Å². The fourth-order valence-electron chi connectivity index (χ4n) is 1.68. The zero-order valence-corrected chi connectivity index (χ0v) is 10.3. The van der Waals surface area contributed by atoms with Crippen molar-refractivity contribution in [3.05, 3.63) is 24.0 Å². The molecule has 92 valence electrons. The summed E-state index contributed by atoms with van der Waals surface area (Å²) in [6, 6.07) is 2.15. The van der Waals surface area contributed by atoms with Gasteiger partial charge in [-0.2, -0.15) is 0 Å². The predicted molar refractivity (Wildman–Crippen MR) is 64.8 cm³/mol. The molecular formula is C13H18N2O2. The van der Waals surface area contributed by atoms with E-state index in [0.29, 0.717) is 18.2 Å². The second-order valence-electron chi connectivity index (χ2n) is 4.93. The molecule has 0 radical (unpaired) electrons. The molecule has 1 heterocycles. The van der Waals surface area contributed by atoms with Crippen molar-refractivity contribution in [2.45, 2.75) is 39.3 Å². The maximum Gasteiger partial charge on any atom is 0.240 e. The molecule has 0 spiro atoms. The number of rotatable bonds is 5. The molecule has 0 unspecified atom stereocenters. The van der Waals surface area contributed by atoms with Crippen molar-refractivity contribution in [2.75, 3.05) is 0 Å². The first-order valence-electron chi connectivity index (χ1n) is 6.05. The molecule has 4 nitrogen and oxygen atoms in total. The van der Waals surface area contributed by atoms with Crippen LogP contribution in [0.4, 0.5) is 0 Å². The first-order valence-corrected chi connectivity index (χ1v) is 6.05. The standard InChI is InChI=1S/C13H18N2O2/c1-9(2)13(17)10-5-6-15(7-10)8-12(16)14-11-3-4-11/h5-7,9,11H,3-4,8H2,1-2H3,(H,14,16). The van der Waals surface area contributed by atoms with E-state index in [-0.39, 0.29) is 17.6 Å². The van der Waals surface area contributed by atoms with Crippen molar-refractivity contribution in [2.24, 2.45) is 5.92 Å². The highest BCUT2D eigenvalue weighted by Gasteiger charge is 2.23. The van der Waals surface area contributed by atoms with E-state index in [2.05, 4.69) is 5.32 Å². The van der Waals surface area contributed by atoms with Crippen molar-refractivity contribution >= 4 is 11.7 Å². The zero-order valence-electron chi connectivity index (χ0n) is 10.3. The van der Waals surface area contributed by atoms with Crippen molar-refractivity contribution < 1.29 is 9.59 Å². The summed E-state index contributed by atoms with van der Waals surface area (Å²) in [6.45, 7) is 4.04. The lowest BCUT2D eigenvalue weighted by atomic mass is 10.0. The minimum atomic E-state index is -0.00820. The van der Waals surface area contributed by atoms with Crippen LogP contribution in [0, 0.1) is 5.92 Å². The summed E-state index contributed by atoms with van der Waals surface area (Å²) < 4.78 is 1.76. The fourth-order valence-corrected chi connectivity index (χ4v) is 1.68. The molecule has 1 saturated carbocycles. The van der Waals surface area contributed by atoms with Crippen LogP contribution in [0.25, 0.3) is 0 Å². The van der Waals surface area contributed by atoms with Crippen LogP contribution in [0.15, 0.2) is 18.5 Å². The highest BCUT2D eigenvalue weighted by atomic mass is 16.2. The summed E-state index contributed by atoms with van der Waals surface area (Å²) in [5, 5.41) is 2.92. The number of carbonyl (C=O) groups excluding carboxylic acids is 2. The monoisotopic (exact) mass is 234 g/mol. The third-order valence-electron chi connectivity index (χ3n) is 2.83. The van der Waals surface area contributed by atoms with Crippen molar-refractivity contribution in [3.8, 4) is 0 Å². The smallest absolute Gasteiger partial charge is 0.240 e. The molecule has 1 N–H and O–H groups in total. The molecule has 1 aliphatic rings. The zero-order chi connectivity index (χ0) is 12.4. The van der Waals surface area contributed by atoms with E-state index in [1.165, 1.54) is 0 Å². The molecule has 1 aromatic rings. The van der Waals surface area contributed by atoms with Crippen molar-refractivity contribution in [1.29, 1.82) is 0 Å². The van der Waals surface area contributed by atoms with Gasteiger partial charge < -0.3 is 9.88 Å². The number of Topliss-reactive ketones (excluding diaryl/α,β-unsaturated/α-hetero) is 1. The third-order valence-corrected chi connectivity index (χ3v) is 2.83. The average molecular weight is 234 g/mol. The van der Waals surface area contributed by atoms with Gasteiger partial charge in [0.15, 0.2) is 5.78 Å². The molecule has 1 aromatic heterocycles. The Bertz CT molecular complexity index is 430. The van der Waals surface area contributed by atoms with Gasteiger partial charge in [0.25, 0.3) is 0 Å². The van der Waals surface area contributed by atoms with Gasteiger partial charge in [0.05, 0.1) is 0 Å². The second-order valence-corrected chi connectivity index (χ2v) is 4.93. The number of carbonyl (C=O) groups is 2. The Labute approximate surface area is 101 Å². The van der Waals surface area contributed by atoms with Crippen LogP contribution in [0.3, 0.4) is 0 Å². The molecular weight excluding hydrogens is 216 g/mol. The Morgan fingerprint density at radius 2 is 2.18 bits per heavy atom. The lowest BCUT2D eigenvalue weighted by molar-refractivity contribution is -0.121. The van der Waals surface area contributed by atoms with E-state index in [1.54, 1.807) is 23.0 Å². The normalized spacial score (nSPS) is 15.0. The third kappa shape index (κ3) is 3.19. The minimum absolute atomic E-state index is 0.00820. The molecule has 0 aliphatic heterocycles. The molecule has 1 amide bonds. The summed E-state index contributed by atoms with van der Waals surface area (Å²) >= 11 is 0. The van der Waals surface area contributed by atoms with Gasteiger partial charge in [0, 0.05) is 29.9 Å². The maximum atomic E-state index is 11.7. The van der Waals surface area contributed by atoms with Crippen LogP contribution < -0.4 is 5.32 Å². The van der Waals surface area contributed by atoms with Gasteiger partial charge in [-0.25, -0.2) is 0 Å². The molecule has 0 aromatic carbocycles. The summed E-state index contributed by atoms with van der Waals surface area (Å²) in [6.07, 6.45) is 5.71. The summed E-state index contributed by atoms with van der Waals surface area (Å²) in [5.74, 6) is 0.129. The van der Waals surface area contributed by atoms with Crippen LogP contribution in [-0.2, 0) is 11.3 Å². The first kappa shape index (κ1) is 11.9. The summed E-state index contributed by atoms with van der Waals surface area (Å²) in [5.41, 5.74) is 0.680. The fraction of sp³-hybridized carbons (Fsp3) is 0.538. The first-order chi connectivity index (χ1) is 8.06. The van der Waals surface area contributed by atoms with Gasteiger partial charge in [-0.15, -0.1) is 0 Å². The van der Waals surface area contributed by atoms with Gasteiger partial charge in [0.2, 0.25) is 5.91 Å². The van der Waals surface area contributed by atoms with Gasteiger partial charge in [-0.1, -0.05) is 13.8 Å². The molecule has 0 bridgehead atoms. The van der Waals surface area contributed by atoms with E-state index in [1.807, 2.05) is 13.8 Å². The minimum Gasteiger partial charge on any atom is -0.352 e. The van der Waals surface area contributed by atoms with Crippen molar-refractivity contribution in [3.63, 3.8) is 0 Å². The largest absolute Gasteiger partial charge is 0.352 e. The number of nitrogens with one attached hydrogen (secondary N) is 1. The van der Waals surface area contributed by atoms with Gasteiger partial charge in [-0.05, 0) is 18.9 Å². The molecule has 0 saturated heterocycles. The van der Waals surface area contributed by atoms with E-state index in [4.69, 9.17) is 0 Å². The Morgan fingerprint density at radius 1 is 1.47 bits per heavy atom. The van der Waals surface area contributed by atoms with Crippen LogP contribution in [0.1, 0.15) is 37.0 Å². The quantitative estimate of drug-likeness (QED) is 0.787. The molecule has 0 atom stereocenters. The lowest BCUT2D eigenvalue weighted by Crippen LogP contribution is -2.28. The number of hydrogen-bond acceptors (Lipinski definition) is 2. The number of aromatic nitrogens is 1. The summed E-state index contributed by atoms with van der Waals surface area (Å²) in [4.78, 5) is 23.3. The van der Waals surface area contributed by atoms with E-state index < -0.39 is 0 Å². The van der Waals surface area contributed by atoms with E-state index in [0.717, 1.165) is 12.8 Å². The Morgan fingerprint density at radius 3 is 2.76 bits per heavy atom. The molecule has 1 aliphatic carbocycles. The number of hydrogen-bond donors (Lipinski definition) is 1. The maximum absolute atomic E-state index is 11.7. The SMILES string of the molecule is CC(C)C(=O)c1ccn(CC(=O)NC2CC2)c1. The number of amides is 1. The molecule has 2 rings (SSSR count). The lowest BCUT2D eigenvalue weighted by Gasteiger charge is -2.04. The Balaban J connectivity index is 1.93. The van der Waals surface area contributed by atoms with Gasteiger partial charge in [-0.3, -0.25) is 9.59 Å². The highest BCUT2D eigenvalue weighted by molar-refractivity contribution is 5.97. The second kappa shape index (κ2) is 4.73. The highest BCUT2D eigenvalue weighted by Crippen LogP contribution is 2.18. The van der Waals surface area contributed by atoms with Gasteiger partial charge >= 0.3 is 0 Å². The molecule has 1 fully saturated rings. The number of ketones is 1. The van der Waals surface area contributed by atoms with Crippen LogP contribution in [0.2, 0.25) is 0 Å². The van der Waals surface area contributed by atoms with Crippen LogP contribution in [0.5, 0.6) is 0 Å². The molecule has 17 heavy (non-hydrogen) atoms.